The Morgan fingerprint density at radius 3 is 2.69 bits per heavy atom. The smallest absolute Gasteiger partial charge is 0.261 e. The molecule has 1 unspecified atom stereocenters. The highest BCUT2D eigenvalue weighted by atomic mass is 79.9. The van der Waals surface area contributed by atoms with E-state index in [1.807, 2.05) is 12.1 Å². The van der Waals surface area contributed by atoms with E-state index in [2.05, 4.69) is 42.0 Å². The molecule has 0 fully saturated rings. The monoisotopic (exact) mass is 303 g/mol. The lowest BCUT2D eigenvalue weighted by atomic mass is 10.1. The van der Waals surface area contributed by atoms with Crippen molar-refractivity contribution in [2.75, 3.05) is 6.54 Å². The van der Waals surface area contributed by atoms with E-state index in [4.69, 9.17) is 0 Å². The van der Waals surface area contributed by atoms with Crippen LogP contribution in [0.25, 0.3) is 0 Å². The first kappa shape index (κ1) is 13.7. The van der Waals surface area contributed by atoms with Crippen molar-refractivity contribution in [1.29, 1.82) is 0 Å². The topological polar surface area (TPSA) is 29.1 Å². The Hall–Kier alpha value is -0.350. The molecular weight excluding hydrogens is 286 g/mol. The van der Waals surface area contributed by atoms with E-state index in [1.54, 1.807) is 11.3 Å². The van der Waals surface area contributed by atoms with Crippen LogP contribution in [0, 0.1) is 5.92 Å². The predicted molar refractivity (Wildman–Crippen MR) is 73.6 cm³/mol. The third kappa shape index (κ3) is 3.91. The molecule has 0 aliphatic heterocycles. The molecule has 0 saturated heterocycles. The molecular formula is C12H18BrNOS. The summed E-state index contributed by atoms with van der Waals surface area (Å²) in [5.74, 6) is 0.560. The van der Waals surface area contributed by atoms with Gasteiger partial charge in [-0.1, -0.05) is 36.7 Å². The molecule has 4 heteroatoms. The van der Waals surface area contributed by atoms with Crippen molar-refractivity contribution in [1.82, 2.24) is 5.32 Å². The summed E-state index contributed by atoms with van der Waals surface area (Å²) in [4.78, 5) is 14.2. The summed E-state index contributed by atoms with van der Waals surface area (Å²) in [6.45, 7) is 7.04. The summed E-state index contributed by atoms with van der Waals surface area (Å²) < 4.78 is 0. The molecule has 1 amide bonds. The molecule has 1 heterocycles. The minimum atomic E-state index is 0.0369. The Morgan fingerprint density at radius 1 is 1.50 bits per heavy atom. The van der Waals surface area contributed by atoms with Crippen LogP contribution in [0.2, 0.25) is 0 Å². The van der Waals surface area contributed by atoms with Crippen LogP contribution in [0.15, 0.2) is 12.1 Å². The number of amides is 1. The Kier molecular flexibility index (Phi) is 5.49. The number of thiophene rings is 1. The van der Waals surface area contributed by atoms with Crippen LogP contribution in [-0.4, -0.2) is 17.3 Å². The van der Waals surface area contributed by atoms with Gasteiger partial charge in [0.2, 0.25) is 0 Å². The summed E-state index contributed by atoms with van der Waals surface area (Å²) in [5, 5.41) is 2.94. The van der Waals surface area contributed by atoms with Gasteiger partial charge in [-0.2, -0.15) is 0 Å². The lowest BCUT2D eigenvalue weighted by Crippen LogP contribution is -2.31. The summed E-state index contributed by atoms with van der Waals surface area (Å²) in [7, 11) is 0. The zero-order valence-electron chi connectivity index (χ0n) is 9.92. The summed E-state index contributed by atoms with van der Waals surface area (Å²) in [6.07, 6.45) is 0.991. The van der Waals surface area contributed by atoms with Gasteiger partial charge in [0.25, 0.3) is 5.91 Å². The Labute approximate surface area is 110 Å². The fourth-order valence-electron chi connectivity index (χ4n) is 1.20. The molecule has 1 N–H and O–H groups in total. The molecule has 0 aliphatic rings. The first-order valence-corrected chi connectivity index (χ1v) is 7.28. The van der Waals surface area contributed by atoms with E-state index < -0.39 is 0 Å². The molecule has 0 bridgehead atoms. The molecule has 0 saturated carbocycles. The summed E-state index contributed by atoms with van der Waals surface area (Å²) in [5.41, 5.74) is 0. The maximum absolute atomic E-state index is 11.8. The standard InChI is InChI=1S/C12H18BrNOS/c1-4-9-5-6-11(16-9)12(15)14-7-10(13)8(2)3/h5-6,8,10H,4,7H2,1-3H3,(H,14,15). The van der Waals surface area contributed by atoms with Crippen molar-refractivity contribution in [3.8, 4) is 0 Å². The number of nitrogens with one attached hydrogen (secondary N) is 1. The minimum absolute atomic E-state index is 0.0369. The Balaban J connectivity index is 2.46. The average Bonchev–Trinajstić information content (AvgIpc) is 2.73. The van der Waals surface area contributed by atoms with Gasteiger partial charge >= 0.3 is 0 Å². The highest BCUT2D eigenvalue weighted by molar-refractivity contribution is 9.09. The number of hydrogen-bond acceptors (Lipinski definition) is 2. The number of alkyl halides is 1. The van der Waals surface area contributed by atoms with Crippen molar-refractivity contribution >= 4 is 33.2 Å². The second kappa shape index (κ2) is 6.40. The van der Waals surface area contributed by atoms with Gasteiger partial charge < -0.3 is 5.32 Å². The van der Waals surface area contributed by atoms with Crippen molar-refractivity contribution in [2.24, 2.45) is 5.92 Å². The second-order valence-corrected chi connectivity index (χ2v) is 6.43. The number of halogens is 1. The molecule has 1 aromatic heterocycles. The summed E-state index contributed by atoms with van der Waals surface area (Å²) >= 11 is 5.12. The lowest BCUT2D eigenvalue weighted by molar-refractivity contribution is 0.0957. The Bertz CT molecular complexity index is 349. The van der Waals surface area contributed by atoms with E-state index in [-0.39, 0.29) is 5.91 Å². The number of rotatable bonds is 5. The number of carbonyl (C=O) groups is 1. The van der Waals surface area contributed by atoms with Gasteiger partial charge in [-0.3, -0.25) is 4.79 Å². The molecule has 90 valence electrons. The molecule has 0 radical (unpaired) electrons. The van der Waals surface area contributed by atoms with E-state index in [9.17, 15) is 4.79 Å². The molecule has 1 aromatic rings. The lowest BCUT2D eigenvalue weighted by Gasteiger charge is -2.13. The van der Waals surface area contributed by atoms with Gasteiger partial charge in [0.05, 0.1) is 4.88 Å². The first-order chi connectivity index (χ1) is 7.54. The van der Waals surface area contributed by atoms with Crippen LogP contribution in [0.5, 0.6) is 0 Å². The van der Waals surface area contributed by atoms with E-state index >= 15 is 0 Å². The van der Waals surface area contributed by atoms with Crippen LogP contribution >= 0.6 is 27.3 Å². The minimum Gasteiger partial charge on any atom is -0.350 e. The van der Waals surface area contributed by atoms with Gasteiger partial charge in [-0.05, 0) is 24.5 Å². The largest absolute Gasteiger partial charge is 0.350 e. The number of carbonyl (C=O) groups excluding carboxylic acids is 1. The van der Waals surface area contributed by atoms with E-state index in [1.165, 1.54) is 4.88 Å². The molecule has 1 atom stereocenters. The van der Waals surface area contributed by atoms with E-state index in [0.717, 1.165) is 11.3 Å². The van der Waals surface area contributed by atoms with Crippen LogP contribution < -0.4 is 5.32 Å². The zero-order valence-corrected chi connectivity index (χ0v) is 12.3. The van der Waals surface area contributed by atoms with Crippen molar-refractivity contribution < 1.29 is 4.79 Å². The molecule has 16 heavy (non-hydrogen) atoms. The summed E-state index contributed by atoms with van der Waals surface area (Å²) in [6, 6.07) is 3.92. The highest BCUT2D eigenvalue weighted by Gasteiger charge is 2.12. The maximum Gasteiger partial charge on any atom is 0.261 e. The molecule has 1 rings (SSSR count). The molecule has 2 nitrogen and oxygen atoms in total. The highest BCUT2D eigenvalue weighted by Crippen LogP contribution is 2.17. The fraction of sp³-hybridized carbons (Fsp3) is 0.583. The fourth-order valence-corrected chi connectivity index (χ4v) is 2.23. The Morgan fingerprint density at radius 2 is 2.19 bits per heavy atom. The molecule has 0 aliphatic carbocycles. The van der Waals surface area contributed by atoms with Crippen LogP contribution in [0.1, 0.15) is 35.3 Å². The van der Waals surface area contributed by atoms with E-state index in [0.29, 0.717) is 17.3 Å². The van der Waals surface area contributed by atoms with Crippen LogP contribution in [0.4, 0.5) is 0 Å². The molecule has 0 aromatic carbocycles. The maximum atomic E-state index is 11.8. The zero-order chi connectivity index (χ0) is 12.1. The van der Waals surface area contributed by atoms with Gasteiger partial charge in [-0.15, -0.1) is 11.3 Å². The predicted octanol–water partition coefficient (Wildman–Crippen LogP) is 3.46. The van der Waals surface area contributed by atoms with Crippen molar-refractivity contribution in [2.45, 2.75) is 32.0 Å². The van der Waals surface area contributed by atoms with Gasteiger partial charge in [0, 0.05) is 16.2 Å². The molecule has 0 spiro atoms. The average molecular weight is 304 g/mol. The van der Waals surface area contributed by atoms with Crippen LogP contribution in [-0.2, 0) is 6.42 Å². The quantitative estimate of drug-likeness (QED) is 0.829. The first-order valence-electron chi connectivity index (χ1n) is 5.55. The third-order valence-corrected chi connectivity index (χ3v) is 5.02. The van der Waals surface area contributed by atoms with Gasteiger partial charge in [0.15, 0.2) is 0 Å². The van der Waals surface area contributed by atoms with Crippen LogP contribution in [0.3, 0.4) is 0 Å². The second-order valence-electron chi connectivity index (χ2n) is 4.09. The van der Waals surface area contributed by atoms with Gasteiger partial charge in [0.1, 0.15) is 0 Å². The number of aryl methyl sites for hydroxylation is 1. The normalized spacial score (nSPS) is 12.8. The van der Waals surface area contributed by atoms with Crippen molar-refractivity contribution in [3.63, 3.8) is 0 Å². The number of hydrogen-bond donors (Lipinski definition) is 1. The van der Waals surface area contributed by atoms with Gasteiger partial charge in [-0.25, -0.2) is 0 Å². The van der Waals surface area contributed by atoms with Crippen molar-refractivity contribution in [3.05, 3.63) is 21.9 Å². The SMILES string of the molecule is CCc1ccc(C(=O)NCC(Br)C(C)C)s1. The third-order valence-electron chi connectivity index (χ3n) is 2.41.